The van der Waals surface area contributed by atoms with Crippen LogP contribution >= 0.6 is 0 Å². The highest BCUT2D eigenvalue weighted by Crippen LogP contribution is 2.35. The molecule has 3 unspecified atom stereocenters. The summed E-state index contributed by atoms with van der Waals surface area (Å²) in [6.07, 6.45) is 5.32. The van der Waals surface area contributed by atoms with Crippen LogP contribution in [0, 0.1) is 0 Å². The van der Waals surface area contributed by atoms with Crippen molar-refractivity contribution in [2.45, 2.75) is 37.5 Å². The van der Waals surface area contributed by atoms with Crippen molar-refractivity contribution in [3.63, 3.8) is 0 Å². The first-order valence-corrected chi connectivity index (χ1v) is 6.43. The number of carbonyl (C=O) groups excluding carboxylic acids is 1. The summed E-state index contributed by atoms with van der Waals surface area (Å²) in [5, 5.41) is 3.32. The fraction of sp³-hybridized carbons (Fsp3) is 0.538. The van der Waals surface area contributed by atoms with Gasteiger partial charge in [-0.15, -0.1) is 0 Å². The van der Waals surface area contributed by atoms with E-state index in [4.69, 9.17) is 15.2 Å². The Kier molecular flexibility index (Phi) is 3.02. The van der Waals surface area contributed by atoms with Crippen LogP contribution < -0.4 is 11.1 Å². The number of fused-ring (bicyclic) bond motifs is 2. The molecular formula is C13H17N3O3. The molecule has 6 heteroatoms. The molecular weight excluding hydrogens is 246 g/mol. The van der Waals surface area contributed by atoms with Gasteiger partial charge in [-0.05, 0) is 25.3 Å². The summed E-state index contributed by atoms with van der Waals surface area (Å²) in [7, 11) is 1.33. The summed E-state index contributed by atoms with van der Waals surface area (Å²) in [6.45, 7) is 0. The van der Waals surface area contributed by atoms with E-state index in [1.165, 1.54) is 13.3 Å². The summed E-state index contributed by atoms with van der Waals surface area (Å²) in [5.41, 5.74) is 6.38. The fourth-order valence-corrected chi connectivity index (χ4v) is 2.81. The maximum atomic E-state index is 11.6. The Bertz CT molecular complexity index is 506. The van der Waals surface area contributed by atoms with E-state index in [9.17, 15) is 4.79 Å². The molecule has 2 aliphatic heterocycles. The number of nitrogen functional groups attached to an aromatic ring is 1. The second kappa shape index (κ2) is 4.70. The number of anilines is 2. The van der Waals surface area contributed by atoms with Crippen LogP contribution in [-0.2, 0) is 9.47 Å². The van der Waals surface area contributed by atoms with Crippen molar-refractivity contribution in [3.05, 3.63) is 17.8 Å². The number of esters is 1. The molecule has 1 aromatic rings. The lowest BCUT2D eigenvalue weighted by atomic mass is 9.95. The maximum Gasteiger partial charge on any atom is 0.340 e. The molecule has 0 spiro atoms. The van der Waals surface area contributed by atoms with Crippen LogP contribution in [0.2, 0.25) is 0 Å². The summed E-state index contributed by atoms with van der Waals surface area (Å²) in [5.74, 6) is 0.183. The van der Waals surface area contributed by atoms with Crippen molar-refractivity contribution in [1.82, 2.24) is 4.98 Å². The van der Waals surface area contributed by atoms with E-state index in [-0.39, 0.29) is 12.1 Å². The number of rotatable bonds is 3. The standard InChI is InChI=1S/C13H17N3O3/c1-18-13(17)8-5-12(15-6-9(8)14)16-10-4-7-2-3-11(10)19-7/h5-7,10-11H,2-4,14H2,1H3,(H,15,16). The van der Waals surface area contributed by atoms with Gasteiger partial charge in [-0.3, -0.25) is 0 Å². The molecule has 3 atom stereocenters. The third-order valence-electron chi connectivity index (χ3n) is 3.78. The number of nitrogens with two attached hydrogens (primary N) is 1. The van der Waals surface area contributed by atoms with Crippen molar-refractivity contribution >= 4 is 17.5 Å². The third-order valence-corrected chi connectivity index (χ3v) is 3.78. The zero-order valence-corrected chi connectivity index (χ0v) is 10.8. The SMILES string of the molecule is COC(=O)c1cc(NC2CC3CCC2O3)ncc1N. The van der Waals surface area contributed by atoms with Crippen LogP contribution in [0.3, 0.4) is 0 Å². The second-order valence-electron chi connectivity index (χ2n) is 5.01. The zero-order valence-electron chi connectivity index (χ0n) is 10.8. The molecule has 2 aliphatic rings. The Labute approximate surface area is 111 Å². The molecule has 2 fully saturated rings. The number of hydrogen-bond acceptors (Lipinski definition) is 6. The highest BCUT2D eigenvalue weighted by atomic mass is 16.5. The minimum Gasteiger partial charge on any atom is -0.465 e. The number of nitrogens with one attached hydrogen (secondary N) is 1. The topological polar surface area (TPSA) is 86.5 Å². The van der Waals surface area contributed by atoms with Crippen LogP contribution in [0.1, 0.15) is 29.6 Å². The van der Waals surface area contributed by atoms with Gasteiger partial charge in [0.2, 0.25) is 0 Å². The third kappa shape index (κ3) is 2.23. The molecule has 0 aromatic carbocycles. The Morgan fingerprint density at radius 2 is 2.42 bits per heavy atom. The lowest BCUT2D eigenvalue weighted by molar-refractivity contribution is 0.0602. The molecule has 19 heavy (non-hydrogen) atoms. The van der Waals surface area contributed by atoms with Crippen molar-refractivity contribution < 1.29 is 14.3 Å². The normalized spacial score (nSPS) is 28.4. The van der Waals surface area contributed by atoms with Gasteiger partial charge in [-0.25, -0.2) is 9.78 Å². The first-order chi connectivity index (χ1) is 9.17. The first-order valence-electron chi connectivity index (χ1n) is 6.43. The first kappa shape index (κ1) is 12.2. The van der Waals surface area contributed by atoms with Gasteiger partial charge < -0.3 is 20.5 Å². The van der Waals surface area contributed by atoms with Crippen LogP contribution in [0.25, 0.3) is 0 Å². The number of hydrogen-bond donors (Lipinski definition) is 2. The molecule has 1 aromatic heterocycles. The molecule has 0 saturated carbocycles. The van der Waals surface area contributed by atoms with E-state index < -0.39 is 5.97 Å². The van der Waals surface area contributed by atoms with Gasteiger partial charge in [0.05, 0.1) is 42.8 Å². The van der Waals surface area contributed by atoms with Gasteiger partial charge in [0.25, 0.3) is 0 Å². The monoisotopic (exact) mass is 263 g/mol. The molecule has 3 N–H and O–H groups in total. The summed E-state index contributed by atoms with van der Waals surface area (Å²) < 4.78 is 10.5. The summed E-state index contributed by atoms with van der Waals surface area (Å²) in [4.78, 5) is 15.8. The molecule has 3 rings (SSSR count). The van der Waals surface area contributed by atoms with Crippen LogP contribution in [0.5, 0.6) is 0 Å². The van der Waals surface area contributed by atoms with E-state index in [1.54, 1.807) is 6.07 Å². The van der Waals surface area contributed by atoms with Crippen LogP contribution in [-0.4, -0.2) is 36.3 Å². The van der Waals surface area contributed by atoms with Crippen molar-refractivity contribution in [3.8, 4) is 0 Å². The van der Waals surface area contributed by atoms with Gasteiger partial charge in [-0.2, -0.15) is 0 Å². The lowest BCUT2D eigenvalue weighted by Crippen LogP contribution is -2.30. The lowest BCUT2D eigenvalue weighted by Gasteiger charge is -2.20. The van der Waals surface area contributed by atoms with E-state index in [1.807, 2.05) is 0 Å². The van der Waals surface area contributed by atoms with E-state index >= 15 is 0 Å². The Morgan fingerprint density at radius 1 is 1.58 bits per heavy atom. The molecule has 102 valence electrons. The fourth-order valence-electron chi connectivity index (χ4n) is 2.81. The number of aromatic nitrogens is 1. The van der Waals surface area contributed by atoms with Crippen molar-refractivity contribution in [2.75, 3.05) is 18.2 Å². The number of nitrogens with zero attached hydrogens (tertiary/aromatic N) is 1. The predicted octanol–water partition coefficient (Wildman–Crippen LogP) is 1.18. The number of carbonyl (C=O) groups is 1. The number of ether oxygens (including phenoxy) is 2. The minimum absolute atomic E-state index is 0.255. The molecule has 0 amide bonds. The van der Waals surface area contributed by atoms with Crippen molar-refractivity contribution in [2.24, 2.45) is 0 Å². The second-order valence-corrected chi connectivity index (χ2v) is 5.01. The largest absolute Gasteiger partial charge is 0.465 e. The predicted molar refractivity (Wildman–Crippen MR) is 69.9 cm³/mol. The number of methoxy groups -OCH3 is 1. The average Bonchev–Trinajstić information content (AvgIpc) is 3.02. The molecule has 3 heterocycles. The van der Waals surface area contributed by atoms with Crippen LogP contribution in [0.15, 0.2) is 12.3 Å². The van der Waals surface area contributed by atoms with Gasteiger partial charge in [-0.1, -0.05) is 0 Å². The molecule has 0 radical (unpaired) electrons. The minimum atomic E-state index is -0.452. The smallest absolute Gasteiger partial charge is 0.340 e. The average molecular weight is 263 g/mol. The van der Waals surface area contributed by atoms with Crippen molar-refractivity contribution in [1.29, 1.82) is 0 Å². The quantitative estimate of drug-likeness (QED) is 0.796. The van der Waals surface area contributed by atoms with E-state index in [0.717, 1.165) is 19.3 Å². The highest BCUT2D eigenvalue weighted by Gasteiger charge is 2.40. The molecule has 2 saturated heterocycles. The van der Waals surface area contributed by atoms with Gasteiger partial charge in [0.1, 0.15) is 5.82 Å². The highest BCUT2D eigenvalue weighted by molar-refractivity contribution is 5.95. The van der Waals surface area contributed by atoms with E-state index in [0.29, 0.717) is 23.2 Å². The Hall–Kier alpha value is -1.82. The van der Waals surface area contributed by atoms with E-state index in [2.05, 4.69) is 10.3 Å². The van der Waals surface area contributed by atoms with Gasteiger partial charge in [0.15, 0.2) is 0 Å². The van der Waals surface area contributed by atoms with Gasteiger partial charge in [0, 0.05) is 0 Å². The van der Waals surface area contributed by atoms with Gasteiger partial charge >= 0.3 is 5.97 Å². The molecule has 0 aliphatic carbocycles. The zero-order chi connectivity index (χ0) is 13.4. The Balaban J connectivity index is 1.76. The Morgan fingerprint density at radius 3 is 3.05 bits per heavy atom. The summed E-state index contributed by atoms with van der Waals surface area (Å²) in [6, 6.07) is 1.90. The van der Waals surface area contributed by atoms with Crippen LogP contribution in [0.4, 0.5) is 11.5 Å². The molecule has 2 bridgehead atoms. The number of pyridine rings is 1. The maximum absolute atomic E-state index is 11.6. The molecule has 6 nitrogen and oxygen atoms in total. The summed E-state index contributed by atoms with van der Waals surface area (Å²) >= 11 is 0.